The summed E-state index contributed by atoms with van der Waals surface area (Å²) >= 11 is 0. The highest BCUT2D eigenvalue weighted by atomic mass is 16.5. The van der Waals surface area contributed by atoms with Crippen LogP contribution in [0.1, 0.15) is 30.9 Å². The fourth-order valence-electron chi connectivity index (χ4n) is 2.04. The molecule has 0 radical (unpaired) electrons. The molecule has 1 unspecified atom stereocenters. The van der Waals surface area contributed by atoms with Gasteiger partial charge in [-0.15, -0.1) is 0 Å². The monoisotopic (exact) mass is 249 g/mol. The van der Waals surface area contributed by atoms with Gasteiger partial charge in [-0.25, -0.2) is 0 Å². The lowest BCUT2D eigenvalue weighted by Crippen LogP contribution is -2.22. The summed E-state index contributed by atoms with van der Waals surface area (Å²) in [4.78, 5) is 0. The van der Waals surface area contributed by atoms with Crippen molar-refractivity contribution in [3.05, 3.63) is 29.8 Å². The van der Waals surface area contributed by atoms with E-state index in [1.807, 2.05) is 19.2 Å². The molecule has 0 aliphatic heterocycles. The zero-order valence-corrected chi connectivity index (χ0v) is 11.3. The number of hydrogen-bond acceptors (Lipinski definition) is 3. The Kier molecular flexibility index (Phi) is 5.02. The molecular formula is C15H23NO2. The van der Waals surface area contributed by atoms with Gasteiger partial charge in [0.1, 0.15) is 5.75 Å². The molecule has 100 valence electrons. The summed E-state index contributed by atoms with van der Waals surface area (Å²) in [6.07, 6.45) is 4.02. The van der Waals surface area contributed by atoms with Gasteiger partial charge in [-0.2, -0.15) is 0 Å². The van der Waals surface area contributed by atoms with Gasteiger partial charge in [-0.05, 0) is 37.1 Å². The van der Waals surface area contributed by atoms with E-state index in [0.717, 1.165) is 24.9 Å². The number of nitrogens with one attached hydrogen (secondary N) is 1. The largest absolute Gasteiger partial charge is 0.497 e. The summed E-state index contributed by atoms with van der Waals surface area (Å²) in [5.41, 5.74) is 1.24. The van der Waals surface area contributed by atoms with Crippen LogP contribution in [0.2, 0.25) is 0 Å². The van der Waals surface area contributed by atoms with Gasteiger partial charge in [0.15, 0.2) is 0 Å². The van der Waals surface area contributed by atoms with Crippen LogP contribution in [0.25, 0.3) is 0 Å². The molecule has 1 aliphatic rings. The van der Waals surface area contributed by atoms with Gasteiger partial charge in [0, 0.05) is 6.61 Å². The lowest BCUT2D eigenvalue weighted by atomic mass is 10.1. The van der Waals surface area contributed by atoms with Crippen LogP contribution in [-0.2, 0) is 4.74 Å². The fourth-order valence-corrected chi connectivity index (χ4v) is 2.04. The molecular weight excluding hydrogens is 226 g/mol. The maximum absolute atomic E-state index is 5.75. The number of methoxy groups -OCH3 is 1. The van der Waals surface area contributed by atoms with Crippen LogP contribution < -0.4 is 10.1 Å². The Bertz CT molecular complexity index is 346. The zero-order chi connectivity index (χ0) is 12.8. The van der Waals surface area contributed by atoms with Crippen molar-refractivity contribution in [1.82, 2.24) is 5.32 Å². The minimum atomic E-state index is 0.259. The second-order valence-electron chi connectivity index (χ2n) is 4.92. The molecule has 3 heteroatoms. The van der Waals surface area contributed by atoms with Gasteiger partial charge in [0.2, 0.25) is 0 Å². The van der Waals surface area contributed by atoms with Crippen molar-refractivity contribution >= 4 is 0 Å². The molecule has 1 aliphatic carbocycles. The second-order valence-corrected chi connectivity index (χ2v) is 4.92. The summed E-state index contributed by atoms with van der Waals surface area (Å²) < 4.78 is 10.9. The number of rotatable bonds is 8. The summed E-state index contributed by atoms with van der Waals surface area (Å²) in [6, 6.07) is 8.41. The third kappa shape index (κ3) is 4.00. The van der Waals surface area contributed by atoms with Crippen LogP contribution in [-0.4, -0.2) is 27.4 Å². The smallest absolute Gasteiger partial charge is 0.118 e. The Morgan fingerprint density at radius 1 is 1.28 bits per heavy atom. The summed E-state index contributed by atoms with van der Waals surface area (Å²) in [7, 11) is 3.66. The Labute approximate surface area is 109 Å². The van der Waals surface area contributed by atoms with Gasteiger partial charge in [0.25, 0.3) is 0 Å². The summed E-state index contributed by atoms with van der Waals surface area (Å²) in [5, 5.41) is 3.29. The molecule has 0 spiro atoms. The van der Waals surface area contributed by atoms with Crippen molar-refractivity contribution in [1.29, 1.82) is 0 Å². The third-order valence-electron chi connectivity index (χ3n) is 3.52. The first-order chi connectivity index (χ1) is 8.83. The molecule has 0 heterocycles. The van der Waals surface area contributed by atoms with Gasteiger partial charge in [-0.3, -0.25) is 0 Å². The van der Waals surface area contributed by atoms with Crippen molar-refractivity contribution in [2.75, 3.05) is 27.4 Å². The van der Waals surface area contributed by atoms with Crippen LogP contribution in [0.5, 0.6) is 5.75 Å². The van der Waals surface area contributed by atoms with Crippen LogP contribution >= 0.6 is 0 Å². The van der Waals surface area contributed by atoms with E-state index in [1.165, 1.54) is 24.8 Å². The molecule has 0 aromatic heterocycles. The minimum absolute atomic E-state index is 0.259. The average Bonchev–Trinajstić information content (AvgIpc) is 3.23. The molecule has 3 nitrogen and oxygen atoms in total. The number of benzene rings is 1. The highest BCUT2D eigenvalue weighted by Gasteiger charge is 2.20. The first-order valence-electron chi connectivity index (χ1n) is 6.72. The highest BCUT2D eigenvalue weighted by Crippen LogP contribution is 2.32. The van der Waals surface area contributed by atoms with Gasteiger partial charge >= 0.3 is 0 Å². The Morgan fingerprint density at radius 3 is 2.56 bits per heavy atom. The topological polar surface area (TPSA) is 30.5 Å². The maximum Gasteiger partial charge on any atom is 0.118 e. The van der Waals surface area contributed by atoms with Crippen molar-refractivity contribution in [2.24, 2.45) is 5.92 Å². The molecule has 2 rings (SSSR count). The Hall–Kier alpha value is -1.06. The quantitative estimate of drug-likeness (QED) is 0.719. The summed E-state index contributed by atoms with van der Waals surface area (Å²) in [6.45, 7) is 1.62. The van der Waals surface area contributed by atoms with Crippen molar-refractivity contribution < 1.29 is 9.47 Å². The zero-order valence-electron chi connectivity index (χ0n) is 11.3. The normalized spacial score (nSPS) is 16.6. The standard InChI is InChI=1S/C15H23NO2/c1-16-15(11-18-10-9-12-3-4-12)13-5-7-14(17-2)8-6-13/h5-8,12,15-16H,3-4,9-11H2,1-2H3. The van der Waals surface area contributed by atoms with Crippen LogP contribution in [0, 0.1) is 5.92 Å². The van der Waals surface area contributed by atoms with E-state index in [-0.39, 0.29) is 6.04 Å². The number of ether oxygens (including phenoxy) is 2. The van der Waals surface area contributed by atoms with E-state index in [0.29, 0.717) is 0 Å². The molecule has 1 aromatic carbocycles. The summed E-state index contributed by atoms with van der Waals surface area (Å²) in [5.74, 6) is 1.84. The average molecular weight is 249 g/mol. The van der Waals surface area contributed by atoms with Crippen LogP contribution in [0.3, 0.4) is 0 Å². The number of likely N-dealkylation sites (N-methyl/N-ethyl adjacent to an activating group) is 1. The molecule has 1 N–H and O–H groups in total. The fraction of sp³-hybridized carbons (Fsp3) is 0.600. The molecule has 1 saturated carbocycles. The van der Waals surface area contributed by atoms with E-state index >= 15 is 0 Å². The van der Waals surface area contributed by atoms with E-state index in [9.17, 15) is 0 Å². The van der Waals surface area contributed by atoms with E-state index in [1.54, 1.807) is 7.11 Å². The third-order valence-corrected chi connectivity index (χ3v) is 3.52. The van der Waals surface area contributed by atoms with Gasteiger partial charge in [0.05, 0.1) is 19.8 Å². The van der Waals surface area contributed by atoms with Crippen LogP contribution in [0.4, 0.5) is 0 Å². The lowest BCUT2D eigenvalue weighted by Gasteiger charge is -2.17. The maximum atomic E-state index is 5.75. The Morgan fingerprint density at radius 2 is 2.00 bits per heavy atom. The molecule has 1 atom stereocenters. The first-order valence-corrected chi connectivity index (χ1v) is 6.72. The van der Waals surface area contributed by atoms with E-state index < -0.39 is 0 Å². The number of hydrogen-bond donors (Lipinski definition) is 1. The predicted octanol–water partition coefficient (Wildman–Crippen LogP) is 2.77. The lowest BCUT2D eigenvalue weighted by molar-refractivity contribution is 0.108. The van der Waals surface area contributed by atoms with Crippen molar-refractivity contribution in [2.45, 2.75) is 25.3 Å². The van der Waals surface area contributed by atoms with Crippen molar-refractivity contribution in [3.63, 3.8) is 0 Å². The minimum Gasteiger partial charge on any atom is -0.497 e. The highest BCUT2D eigenvalue weighted by molar-refractivity contribution is 5.29. The second kappa shape index (κ2) is 6.76. The first kappa shape index (κ1) is 13.4. The molecule has 0 bridgehead atoms. The van der Waals surface area contributed by atoms with Crippen LogP contribution in [0.15, 0.2) is 24.3 Å². The molecule has 0 saturated heterocycles. The van der Waals surface area contributed by atoms with Gasteiger partial charge in [-0.1, -0.05) is 25.0 Å². The molecule has 18 heavy (non-hydrogen) atoms. The molecule has 0 amide bonds. The predicted molar refractivity (Wildman–Crippen MR) is 73.0 cm³/mol. The van der Waals surface area contributed by atoms with Gasteiger partial charge < -0.3 is 14.8 Å². The Balaban J connectivity index is 1.78. The van der Waals surface area contributed by atoms with E-state index in [4.69, 9.17) is 9.47 Å². The van der Waals surface area contributed by atoms with Crippen molar-refractivity contribution in [3.8, 4) is 5.75 Å². The molecule has 1 fully saturated rings. The molecule has 1 aromatic rings. The SMILES string of the molecule is CNC(COCCC1CC1)c1ccc(OC)cc1. The van der Waals surface area contributed by atoms with E-state index in [2.05, 4.69) is 17.4 Å².